The van der Waals surface area contributed by atoms with Crippen molar-refractivity contribution in [2.45, 2.75) is 154 Å². The van der Waals surface area contributed by atoms with E-state index in [-0.39, 0.29) is 19.1 Å². The first-order chi connectivity index (χ1) is 22.0. The molecule has 9 heteroatoms. The normalized spacial score (nSPS) is 15.2. The minimum absolute atomic E-state index is 0.00708. The lowest BCUT2D eigenvalue weighted by Crippen LogP contribution is -2.46. The summed E-state index contributed by atoms with van der Waals surface area (Å²) in [4.78, 5) is 25.1. The number of phosphoric ester groups is 1. The van der Waals surface area contributed by atoms with Crippen molar-refractivity contribution < 1.29 is 32.9 Å². The first-order valence-corrected chi connectivity index (χ1v) is 19.8. The molecule has 0 aromatic rings. The van der Waals surface area contributed by atoms with Gasteiger partial charge in [0.15, 0.2) is 0 Å². The van der Waals surface area contributed by atoms with Gasteiger partial charge in [-0.1, -0.05) is 127 Å². The molecule has 0 aliphatic carbocycles. The van der Waals surface area contributed by atoms with Gasteiger partial charge in [0.05, 0.1) is 39.9 Å². The van der Waals surface area contributed by atoms with Gasteiger partial charge in [-0.05, 0) is 44.9 Å². The first kappa shape index (κ1) is 44.7. The summed E-state index contributed by atoms with van der Waals surface area (Å²) >= 11 is 0. The number of likely N-dealkylation sites (N-methyl/N-ethyl adjacent to an activating group) is 1. The highest BCUT2D eigenvalue weighted by atomic mass is 31.2. The van der Waals surface area contributed by atoms with Gasteiger partial charge in [-0.15, -0.1) is 0 Å². The molecule has 0 saturated heterocycles. The molecule has 0 radical (unpaired) electrons. The fourth-order valence-corrected chi connectivity index (χ4v) is 5.66. The molecule has 0 bridgehead atoms. The minimum atomic E-state index is -4.55. The van der Waals surface area contributed by atoms with Gasteiger partial charge in [0, 0.05) is 6.42 Å². The number of carbonyl (C=O) groups is 1. The third-order valence-electron chi connectivity index (χ3n) is 7.89. The smallest absolute Gasteiger partial charge is 0.268 e. The maximum absolute atomic E-state index is 12.7. The van der Waals surface area contributed by atoms with E-state index in [1.165, 1.54) is 38.5 Å². The van der Waals surface area contributed by atoms with Crippen LogP contribution in [0, 0.1) is 0 Å². The van der Waals surface area contributed by atoms with Gasteiger partial charge in [-0.25, -0.2) is 0 Å². The second-order valence-corrected chi connectivity index (χ2v) is 15.0. The summed E-state index contributed by atoms with van der Waals surface area (Å²) in [6, 6.07) is -0.805. The summed E-state index contributed by atoms with van der Waals surface area (Å²) in [5.74, 6) is -0.187. The zero-order chi connectivity index (χ0) is 34.4. The summed E-state index contributed by atoms with van der Waals surface area (Å²) in [7, 11) is 1.28. The highest BCUT2D eigenvalue weighted by molar-refractivity contribution is 7.45. The second kappa shape index (κ2) is 29.8. The van der Waals surface area contributed by atoms with Crippen LogP contribution < -0.4 is 10.2 Å². The number of aliphatic hydroxyl groups is 1. The fraction of sp³-hybridized carbons (Fsp3) is 0.811. The molecule has 1 amide bonds. The monoisotopic (exact) mass is 671 g/mol. The third-order valence-corrected chi connectivity index (χ3v) is 8.86. The zero-order valence-corrected chi connectivity index (χ0v) is 31.2. The Kier molecular flexibility index (Phi) is 29.0. The van der Waals surface area contributed by atoms with Crippen LogP contribution in [0.15, 0.2) is 36.5 Å². The summed E-state index contributed by atoms with van der Waals surface area (Å²) in [6.45, 7) is 4.53. The van der Waals surface area contributed by atoms with Crippen molar-refractivity contribution in [2.24, 2.45) is 0 Å². The largest absolute Gasteiger partial charge is 0.756 e. The maximum Gasteiger partial charge on any atom is 0.268 e. The molecule has 0 saturated carbocycles. The molecule has 0 aliphatic heterocycles. The highest BCUT2D eigenvalue weighted by Gasteiger charge is 2.24. The number of hydrogen-bond acceptors (Lipinski definition) is 6. The Hall–Kier alpha value is -1.28. The average molecular weight is 671 g/mol. The molecule has 0 heterocycles. The molecule has 0 aromatic carbocycles. The van der Waals surface area contributed by atoms with E-state index in [1.807, 2.05) is 21.1 Å². The summed E-state index contributed by atoms with van der Waals surface area (Å²) < 4.78 is 23.1. The van der Waals surface area contributed by atoms with E-state index in [0.717, 1.165) is 77.0 Å². The van der Waals surface area contributed by atoms with E-state index in [9.17, 15) is 19.4 Å². The van der Waals surface area contributed by atoms with E-state index in [1.54, 1.807) is 0 Å². The number of phosphoric acid groups is 1. The Bertz CT molecular complexity index is 855. The zero-order valence-electron chi connectivity index (χ0n) is 30.3. The number of aliphatic hydroxyl groups excluding tert-OH is 1. The molecule has 270 valence electrons. The molecular formula is C37H71N2O6P. The molecule has 3 unspecified atom stereocenters. The van der Waals surface area contributed by atoms with Gasteiger partial charge in [0.1, 0.15) is 13.2 Å². The van der Waals surface area contributed by atoms with Crippen LogP contribution in [0.25, 0.3) is 0 Å². The lowest BCUT2D eigenvalue weighted by molar-refractivity contribution is -0.870. The topological polar surface area (TPSA) is 108 Å². The van der Waals surface area contributed by atoms with Crippen LogP contribution in [0.1, 0.15) is 142 Å². The number of quaternary nitrogens is 1. The van der Waals surface area contributed by atoms with Crippen LogP contribution in [-0.4, -0.2) is 68.5 Å². The molecule has 2 N–H and O–H groups in total. The Labute approximate surface area is 283 Å². The number of nitrogens with zero attached hydrogens (tertiary/aromatic N) is 1. The molecule has 0 aromatic heterocycles. The Morgan fingerprint density at radius 2 is 1.33 bits per heavy atom. The number of carbonyl (C=O) groups excluding carboxylic acids is 1. The maximum atomic E-state index is 12.7. The number of rotatable bonds is 32. The van der Waals surface area contributed by atoms with Crippen LogP contribution in [0.2, 0.25) is 0 Å². The van der Waals surface area contributed by atoms with Gasteiger partial charge < -0.3 is 28.8 Å². The summed E-state index contributed by atoms with van der Waals surface area (Å²) in [5, 5.41) is 13.7. The number of hydrogen-bond donors (Lipinski definition) is 2. The molecule has 0 fully saturated rings. The van der Waals surface area contributed by atoms with Crippen molar-refractivity contribution in [3.05, 3.63) is 36.5 Å². The fourth-order valence-electron chi connectivity index (χ4n) is 4.93. The van der Waals surface area contributed by atoms with E-state index in [2.05, 4.69) is 55.6 Å². The van der Waals surface area contributed by atoms with Gasteiger partial charge in [0.25, 0.3) is 7.82 Å². The summed E-state index contributed by atoms with van der Waals surface area (Å²) in [5.41, 5.74) is 0. The number of unbranched alkanes of at least 4 members (excludes halogenated alkanes) is 13. The number of amides is 1. The molecule has 3 atom stereocenters. The van der Waals surface area contributed by atoms with Crippen molar-refractivity contribution >= 4 is 13.7 Å². The third kappa shape index (κ3) is 31.3. The molecule has 0 spiro atoms. The second-order valence-electron chi connectivity index (χ2n) is 13.5. The van der Waals surface area contributed by atoms with E-state index in [4.69, 9.17) is 9.05 Å². The van der Waals surface area contributed by atoms with E-state index >= 15 is 0 Å². The standard InChI is InChI=1S/C37H71N2O6P/c1-6-8-10-12-14-16-17-18-19-20-21-23-25-27-29-31-37(41)38-35(34-45-46(42,43)44-33-32-39(3,4)5)36(40)30-28-26-24-22-15-13-11-9-7-2/h8,10,14,16,18-19,35-36,40H,6-7,9,11-13,15,17,20-34H2,1-5H3,(H-,38,41,42,43)/b10-8-,16-14-,19-18-. The highest BCUT2D eigenvalue weighted by Crippen LogP contribution is 2.38. The minimum Gasteiger partial charge on any atom is -0.756 e. The van der Waals surface area contributed by atoms with Crippen molar-refractivity contribution in [3.8, 4) is 0 Å². The molecular weight excluding hydrogens is 599 g/mol. The Morgan fingerprint density at radius 1 is 0.783 bits per heavy atom. The SMILES string of the molecule is CC/C=C\C/C=C\C/C=C\CCCCCCCC(=O)NC(COP(=O)([O-])OCC[N+](C)(C)C)C(O)CCCCCCCCCCC. The van der Waals surface area contributed by atoms with E-state index in [0.29, 0.717) is 23.9 Å². The van der Waals surface area contributed by atoms with Crippen LogP contribution in [0.5, 0.6) is 0 Å². The van der Waals surface area contributed by atoms with Gasteiger partial charge in [-0.3, -0.25) is 9.36 Å². The van der Waals surface area contributed by atoms with E-state index < -0.39 is 20.0 Å². The van der Waals surface area contributed by atoms with Crippen LogP contribution in [0.4, 0.5) is 0 Å². The predicted molar refractivity (Wildman–Crippen MR) is 191 cm³/mol. The molecule has 8 nitrogen and oxygen atoms in total. The lowest BCUT2D eigenvalue weighted by Gasteiger charge is -2.30. The first-order valence-electron chi connectivity index (χ1n) is 18.3. The van der Waals surface area contributed by atoms with Crippen molar-refractivity contribution in [1.82, 2.24) is 5.32 Å². The molecule has 0 aliphatic rings. The van der Waals surface area contributed by atoms with Crippen LogP contribution in [-0.2, 0) is 18.4 Å². The Morgan fingerprint density at radius 3 is 1.93 bits per heavy atom. The summed E-state index contributed by atoms with van der Waals surface area (Å²) in [6.07, 6.45) is 32.9. The average Bonchev–Trinajstić information content (AvgIpc) is 2.99. The molecule has 0 rings (SSSR count). The van der Waals surface area contributed by atoms with Gasteiger partial charge in [0.2, 0.25) is 5.91 Å². The Balaban J connectivity index is 4.49. The predicted octanol–water partition coefficient (Wildman–Crippen LogP) is 8.55. The number of allylic oxidation sites excluding steroid dienone is 6. The van der Waals surface area contributed by atoms with Crippen LogP contribution >= 0.6 is 7.82 Å². The van der Waals surface area contributed by atoms with Crippen molar-refractivity contribution in [1.29, 1.82) is 0 Å². The number of nitrogens with one attached hydrogen (secondary N) is 1. The van der Waals surface area contributed by atoms with Gasteiger partial charge in [-0.2, -0.15) is 0 Å². The van der Waals surface area contributed by atoms with Crippen molar-refractivity contribution in [2.75, 3.05) is 40.9 Å². The molecule has 46 heavy (non-hydrogen) atoms. The quantitative estimate of drug-likeness (QED) is 0.0321. The van der Waals surface area contributed by atoms with Crippen molar-refractivity contribution in [3.63, 3.8) is 0 Å². The van der Waals surface area contributed by atoms with Gasteiger partial charge >= 0.3 is 0 Å². The lowest BCUT2D eigenvalue weighted by atomic mass is 10.0. The van der Waals surface area contributed by atoms with Crippen LogP contribution in [0.3, 0.4) is 0 Å².